The normalized spacial score (nSPS) is 15.0. The van der Waals surface area contributed by atoms with Gasteiger partial charge in [0.15, 0.2) is 5.82 Å². The number of carbonyl (C=O) groups is 3. The molecule has 44 heavy (non-hydrogen) atoms. The maximum Gasteiger partial charge on any atom is 0.250 e. The Bertz CT molecular complexity index is 1560. The van der Waals surface area contributed by atoms with Crippen LogP contribution in [0, 0.1) is 5.92 Å². The number of rotatable bonds is 9. The molecular formula is C32H41Cl2N7O3. The summed E-state index contributed by atoms with van der Waals surface area (Å²) in [5.74, 6) is 0.000354. The van der Waals surface area contributed by atoms with Crippen LogP contribution in [0.15, 0.2) is 73.3 Å². The Kier molecular flexibility index (Phi) is 11.6. The molecular weight excluding hydrogens is 601 g/mol. The maximum absolute atomic E-state index is 13.8. The van der Waals surface area contributed by atoms with Crippen molar-refractivity contribution >= 4 is 59.3 Å². The number of nitrogens with zero attached hydrogens (tertiary/aromatic N) is 3. The number of hydrogen-bond donors (Lipinski definition) is 4. The topological polar surface area (TPSA) is 138 Å². The van der Waals surface area contributed by atoms with Crippen LogP contribution in [0.25, 0.3) is 10.9 Å². The molecule has 2 atom stereocenters. The highest BCUT2D eigenvalue weighted by atomic mass is 35.5. The van der Waals surface area contributed by atoms with Gasteiger partial charge in [0, 0.05) is 42.8 Å². The largest absolute Gasteiger partial charge is 0.361 e. The van der Waals surface area contributed by atoms with E-state index in [4.69, 9.17) is 5.73 Å². The van der Waals surface area contributed by atoms with Crippen LogP contribution >= 0.6 is 24.8 Å². The molecule has 2 aromatic carbocycles. The standard InChI is InChI=1S/C32H39N7O3.2ClH/c1-21-13-15-38(16-14-21)30(41)28(22-9-5-4-6-10-22)39-19-27(35-20-39)37-29(40)26(36-31(42)32(2,3)33)17-23-18-34-25-12-8-7-11-24(23)25;;/h4-12,18-21,26,28,34H,13-17,33H2,1-3H3,(H,36,42)(H,37,40);2*1H/t26-,28?;;/m1../s1. The third-order valence-electron chi connectivity index (χ3n) is 7.90. The van der Waals surface area contributed by atoms with Crippen LogP contribution in [-0.2, 0) is 20.8 Å². The van der Waals surface area contributed by atoms with Crippen LogP contribution in [-0.4, -0.2) is 61.8 Å². The SMILES string of the molecule is CC1CCN(C(=O)C(c2ccccc2)n2cnc(NC(=O)[C@@H](Cc3c[nH]c4ccccc34)NC(=O)C(C)(C)N)c2)CC1.Cl.Cl. The first-order chi connectivity index (χ1) is 20.1. The molecule has 0 spiro atoms. The minimum absolute atomic E-state index is 0. The highest BCUT2D eigenvalue weighted by Gasteiger charge is 2.31. The minimum atomic E-state index is -1.17. The molecule has 0 radical (unpaired) electrons. The van der Waals surface area contributed by atoms with Gasteiger partial charge in [-0.25, -0.2) is 4.98 Å². The quantitative estimate of drug-likeness (QED) is 0.214. The summed E-state index contributed by atoms with van der Waals surface area (Å²) in [6.45, 7) is 6.83. The van der Waals surface area contributed by atoms with Crippen LogP contribution in [0.4, 0.5) is 5.82 Å². The molecule has 2 aromatic heterocycles. The second-order valence-electron chi connectivity index (χ2n) is 11.8. The molecule has 0 bridgehead atoms. The number of H-pyrrole nitrogens is 1. The summed E-state index contributed by atoms with van der Waals surface area (Å²) in [7, 11) is 0. The molecule has 5 N–H and O–H groups in total. The van der Waals surface area contributed by atoms with Crippen molar-refractivity contribution in [1.29, 1.82) is 0 Å². The number of imidazole rings is 1. The van der Waals surface area contributed by atoms with Gasteiger partial charge in [-0.15, -0.1) is 24.8 Å². The van der Waals surface area contributed by atoms with Crippen molar-refractivity contribution < 1.29 is 14.4 Å². The van der Waals surface area contributed by atoms with Crippen LogP contribution < -0.4 is 16.4 Å². The molecule has 236 valence electrons. The van der Waals surface area contributed by atoms with Gasteiger partial charge < -0.3 is 30.8 Å². The number of benzene rings is 2. The Balaban J connectivity index is 0.00000264. The third-order valence-corrected chi connectivity index (χ3v) is 7.90. The average molecular weight is 643 g/mol. The van der Waals surface area contributed by atoms with Crippen molar-refractivity contribution in [1.82, 2.24) is 24.8 Å². The second-order valence-corrected chi connectivity index (χ2v) is 11.8. The van der Waals surface area contributed by atoms with E-state index in [2.05, 4.69) is 27.5 Å². The molecule has 3 heterocycles. The summed E-state index contributed by atoms with van der Waals surface area (Å²) in [6, 6.07) is 15.8. The Morgan fingerprint density at radius 2 is 1.70 bits per heavy atom. The number of aromatic nitrogens is 3. The van der Waals surface area contributed by atoms with Crippen molar-refractivity contribution in [2.75, 3.05) is 18.4 Å². The van der Waals surface area contributed by atoms with E-state index in [9.17, 15) is 14.4 Å². The number of likely N-dealkylation sites (tertiary alicyclic amines) is 1. The van der Waals surface area contributed by atoms with E-state index < -0.39 is 29.4 Å². The number of hydrogen-bond acceptors (Lipinski definition) is 5. The van der Waals surface area contributed by atoms with Crippen molar-refractivity contribution in [3.05, 3.63) is 84.4 Å². The fraction of sp³-hybridized carbons (Fsp3) is 0.375. The monoisotopic (exact) mass is 641 g/mol. The Morgan fingerprint density at radius 1 is 1.05 bits per heavy atom. The van der Waals surface area contributed by atoms with Gasteiger partial charge in [0.2, 0.25) is 17.7 Å². The fourth-order valence-corrected chi connectivity index (χ4v) is 5.31. The zero-order valence-corrected chi connectivity index (χ0v) is 26.8. The van der Waals surface area contributed by atoms with E-state index >= 15 is 0 Å². The number of amides is 3. The van der Waals surface area contributed by atoms with Crippen molar-refractivity contribution in [2.24, 2.45) is 11.7 Å². The number of para-hydroxylation sites is 1. The van der Waals surface area contributed by atoms with Gasteiger partial charge in [-0.1, -0.05) is 55.5 Å². The molecule has 0 aliphatic carbocycles. The molecule has 1 aliphatic rings. The molecule has 1 aliphatic heterocycles. The van der Waals surface area contributed by atoms with Crippen molar-refractivity contribution in [3.63, 3.8) is 0 Å². The van der Waals surface area contributed by atoms with E-state index in [0.29, 0.717) is 19.0 Å². The number of carbonyl (C=O) groups excluding carboxylic acids is 3. The molecule has 5 rings (SSSR count). The maximum atomic E-state index is 13.8. The summed E-state index contributed by atoms with van der Waals surface area (Å²) >= 11 is 0. The first-order valence-corrected chi connectivity index (χ1v) is 14.4. The van der Waals surface area contributed by atoms with E-state index in [-0.39, 0.29) is 43.0 Å². The first-order valence-electron chi connectivity index (χ1n) is 14.4. The summed E-state index contributed by atoms with van der Waals surface area (Å²) in [5.41, 5.74) is 7.53. The molecule has 10 nitrogen and oxygen atoms in total. The van der Waals surface area contributed by atoms with Crippen molar-refractivity contribution in [3.8, 4) is 0 Å². The number of piperidine rings is 1. The number of nitrogens with two attached hydrogens (primary N) is 1. The van der Waals surface area contributed by atoms with Gasteiger partial charge in [-0.3, -0.25) is 14.4 Å². The number of anilines is 1. The molecule has 4 aromatic rings. The summed E-state index contributed by atoms with van der Waals surface area (Å²) in [5, 5.41) is 6.63. The molecule has 3 amide bonds. The average Bonchev–Trinajstić information content (AvgIpc) is 3.60. The van der Waals surface area contributed by atoms with Gasteiger partial charge >= 0.3 is 0 Å². The lowest BCUT2D eigenvalue weighted by Gasteiger charge is -2.33. The van der Waals surface area contributed by atoms with Crippen LogP contribution in [0.5, 0.6) is 0 Å². The highest BCUT2D eigenvalue weighted by Crippen LogP contribution is 2.26. The van der Waals surface area contributed by atoms with Gasteiger partial charge in [0.05, 0.1) is 11.9 Å². The summed E-state index contributed by atoms with van der Waals surface area (Å²) in [4.78, 5) is 49.8. The van der Waals surface area contributed by atoms with E-state index in [1.54, 1.807) is 30.9 Å². The molecule has 1 saturated heterocycles. The van der Waals surface area contributed by atoms with E-state index in [0.717, 1.165) is 34.9 Å². The minimum Gasteiger partial charge on any atom is -0.361 e. The lowest BCUT2D eigenvalue weighted by Crippen LogP contribution is -2.55. The Labute approximate surface area is 270 Å². The second kappa shape index (κ2) is 14.7. The number of fused-ring (bicyclic) bond motifs is 1. The third kappa shape index (κ3) is 7.99. The zero-order valence-electron chi connectivity index (χ0n) is 25.2. The van der Waals surface area contributed by atoms with Gasteiger partial charge in [0.1, 0.15) is 12.1 Å². The summed E-state index contributed by atoms with van der Waals surface area (Å²) < 4.78 is 1.74. The smallest absolute Gasteiger partial charge is 0.250 e. The molecule has 1 unspecified atom stereocenters. The zero-order chi connectivity index (χ0) is 29.9. The Hall–Kier alpha value is -3.86. The lowest BCUT2D eigenvalue weighted by atomic mass is 9.97. The van der Waals surface area contributed by atoms with E-state index in [1.165, 1.54) is 0 Å². The van der Waals surface area contributed by atoms with Crippen LogP contribution in [0.2, 0.25) is 0 Å². The number of halogens is 2. The first kappa shape index (κ1) is 34.6. The predicted octanol–water partition coefficient (Wildman–Crippen LogP) is 4.46. The number of aromatic amines is 1. The van der Waals surface area contributed by atoms with E-state index in [1.807, 2.05) is 65.7 Å². The number of nitrogens with one attached hydrogen (secondary N) is 3. The predicted molar refractivity (Wildman–Crippen MR) is 177 cm³/mol. The fourth-order valence-electron chi connectivity index (χ4n) is 5.31. The highest BCUT2D eigenvalue weighted by molar-refractivity contribution is 5.98. The van der Waals surface area contributed by atoms with Gasteiger partial charge in [-0.05, 0) is 49.8 Å². The van der Waals surface area contributed by atoms with Gasteiger partial charge in [-0.2, -0.15) is 0 Å². The van der Waals surface area contributed by atoms with Crippen LogP contribution in [0.1, 0.15) is 50.8 Å². The van der Waals surface area contributed by atoms with Crippen molar-refractivity contribution in [2.45, 2.75) is 57.7 Å². The Morgan fingerprint density at radius 3 is 2.39 bits per heavy atom. The lowest BCUT2D eigenvalue weighted by molar-refractivity contribution is -0.135. The molecule has 1 fully saturated rings. The van der Waals surface area contributed by atoms with Gasteiger partial charge in [0.25, 0.3) is 0 Å². The summed E-state index contributed by atoms with van der Waals surface area (Å²) in [6.07, 6.45) is 7.27. The molecule has 0 saturated carbocycles. The molecule has 12 heteroatoms. The van der Waals surface area contributed by atoms with Crippen LogP contribution in [0.3, 0.4) is 0 Å².